The van der Waals surface area contributed by atoms with Gasteiger partial charge in [-0.05, 0) is 30.5 Å². The molecule has 0 unspecified atom stereocenters. The fraction of sp³-hybridized carbons (Fsp3) is 0.385. The van der Waals surface area contributed by atoms with E-state index in [0.717, 1.165) is 18.4 Å². The molecule has 1 aliphatic carbocycles. The molecule has 0 aromatic heterocycles. The summed E-state index contributed by atoms with van der Waals surface area (Å²) in [7, 11) is 1.59. The number of nitrogens with one attached hydrogen (secondary N) is 3. The monoisotopic (exact) mass is 247 g/mol. The molecule has 18 heavy (non-hydrogen) atoms. The van der Waals surface area contributed by atoms with Gasteiger partial charge in [0.2, 0.25) is 0 Å². The summed E-state index contributed by atoms with van der Waals surface area (Å²) in [4.78, 5) is 22.9. The molecule has 0 saturated heterocycles. The zero-order valence-electron chi connectivity index (χ0n) is 10.3. The van der Waals surface area contributed by atoms with Crippen LogP contribution in [0.5, 0.6) is 0 Å². The molecule has 5 heteroatoms. The minimum absolute atomic E-state index is 0.126. The number of benzene rings is 1. The van der Waals surface area contributed by atoms with Crippen LogP contribution in [-0.2, 0) is 6.54 Å². The van der Waals surface area contributed by atoms with Crippen molar-refractivity contribution in [1.82, 2.24) is 16.0 Å². The number of rotatable bonds is 4. The highest BCUT2D eigenvalue weighted by atomic mass is 16.2. The highest BCUT2D eigenvalue weighted by molar-refractivity contribution is 5.94. The van der Waals surface area contributed by atoms with E-state index in [1.54, 1.807) is 25.2 Å². The molecular weight excluding hydrogens is 230 g/mol. The molecule has 1 aromatic rings. The van der Waals surface area contributed by atoms with Crippen LogP contribution in [0.4, 0.5) is 4.79 Å². The second-order valence-electron chi connectivity index (χ2n) is 4.38. The molecule has 0 aliphatic heterocycles. The second kappa shape index (κ2) is 5.53. The van der Waals surface area contributed by atoms with Gasteiger partial charge in [0.1, 0.15) is 0 Å². The number of carbonyl (C=O) groups excluding carboxylic acids is 2. The summed E-state index contributed by atoms with van der Waals surface area (Å²) in [5.74, 6) is -0.126. The Balaban J connectivity index is 1.88. The first kappa shape index (κ1) is 12.4. The summed E-state index contributed by atoms with van der Waals surface area (Å²) in [6.07, 6.45) is 2.14. The maximum atomic E-state index is 11.4. The predicted octanol–water partition coefficient (Wildman–Crippen LogP) is 1.01. The summed E-state index contributed by atoms with van der Waals surface area (Å²) in [5, 5.41) is 8.19. The van der Waals surface area contributed by atoms with E-state index in [1.165, 1.54) is 0 Å². The van der Waals surface area contributed by atoms with Crippen molar-refractivity contribution in [2.24, 2.45) is 0 Å². The Bertz CT molecular complexity index is 455. The fourth-order valence-corrected chi connectivity index (χ4v) is 1.61. The van der Waals surface area contributed by atoms with Crippen LogP contribution in [0.15, 0.2) is 24.3 Å². The Morgan fingerprint density at radius 1 is 1.33 bits per heavy atom. The molecule has 0 bridgehead atoms. The SMILES string of the molecule is CNC(=O)c1cccc(CNC(=O)NC2CC2)c1. The van der Waals surface area contributed by atoms with E-state index < -0.39 is 0 Å². The lowest BCUT2D eigenvalue weighted by Gasteiger charge is -2.07. The van der Waals surface area contributed by atoms with Crippen LogP contribution in [0.25, 0.3) is 0 Å². The van der Waals surface area contributed by atoms with Crippen molar-refractivity contribution in [3.8, 4) is 0 Å². The van der Waals surface area contributed by atoms with Crippen molar-refractivity contribution in [3.63, 3.8) is 0 Å². The van der Waals surface area contributed by atoms with Gasteiger partial charge in [-0.2, -0.15) is 0 Å². The lowest BCUT2D eigenvalue weighted by molar-refractivity contribution is 0.0963. The number of urea groups is 1. The fourth-order valence-electron chi connectivity index (χ4n) is 1.61. The number of amides is 3. The van der Waals surface area contributed by atoms with Crippen LogP contribution in [0.3, 0.4) is 0 Å². The number of hydrogen-bond acceptors (Lipinski definition) is 2. The quantitative estimate of drug-likeness (QED) is 0.743. The number of hydrogen-bond donors (Lipinski definition) is 3. The van der Waals surface area contributed by atoms with Gasteiger partial charge in [-0.3, -0.25) is 4.79 Å². The first-order valence-electron chi connectivity index (χ1n) is 6.04. The van der Waals surface area contributed by atoms with Crippen LogP contribution in [0, 0.1) is 0 Å². The molecule has 3 amide bonds. The average molecular weight is 247 g/mol. The van der Waals surface area contributed by atoms with Crippen LogP contribution in [0.1, 0.15) is 28.8 Å². The van der Waals surface area contributed by atoms with E-state index in [2.05, 4.69) is 16.0 Å². The second-order valence-corrected chi connectivity index (χ2v) is 4.38. The van der Waals surface area contributed by atoms with E-state index in [0.29, 0.717) is 18.2 Å². The Morgan fingerprint density at radius 3 is 2.78 bits per heavy atom. The van der Waals surface area contributed by atoms with Gasteiger partial charge < -0.3 is 16.0 Å². The van der Waals surface area contributed by atoms with E-state index in [4.69, 9.17) is 0 Å². The minimum atomic E-state index is -0.150. The molecule has 2 rings (SSSR count). The van der Waals surface area contributed by atoms with E-state index >= 15 is 0 Å². The van der Waals surface area contributed by atoms with Crippen LogP contribution in [0.2, 0.25) is 0 Å². The normalized spacial score (nSPS) is 13.8. The molecule has 5 nitrogen and oxygen atoms in total. The third kappa shape index (κ3) is 3.48. The summed E-state index contributed by atoms with van der Waals surface area (Å²) < 4.78 is 0. The van der Waals surface area contributed by atoms with Crippen molar-refractivity contribution >= 4 is 11.9 Å². The summed E-state index contributed by atoms with van der Waals surface area (Å²) in [6, 6.07) is 7.40. The van der Waals surface area contributed by atoms with Crippen LogP contribution < -0.4 is 16.0 Å². The van der Waals surface area contributed by atoms with Gasteiger partial charge in [0.05, 0.1) is 0 Å². The predicted molar refractivity (Wildman–Crippen MR) is 68.2 cm³/mol. The minimum Gasteiger partial charge on any atom is -0.355 e. The van der Waals surface area contributed by atoms with Crippen molar-refractivity contribution in [2.45, 2.75) is 25.4 Å². The molecule has 0 atom stereocenters. The number of carbonyl (C=O) groups is 2. The Kier molecular flexibility index (Phi) is 3.82. The smallest absolute Gasteiger partial charge is 0.315 e. The topological polar surface area (TPSA) is 70.2 Å². The highest BCUT2D eigenvalue weighted by Crippen LogP contribution is 2.18. The lowest BCUT2D eigenvalue weighted by Crippen LogP contribution is -2.36. The largest absolute Gasteiger partial charge is 0.355 e. The third-order valence-corrected chi connectivity index (χ3v) is 2.78. The molecular formula is C13H17N3O2. The van der Waals surface area contributed by atoms with Crippen molar-refractivity contribution in [1.29, 1.82) is 0 Å². The van der Waals surface area contributed by atoms with Crippen molar-refractivity contribution < 1.29 is 9.59 Å². The Morgan fingerprint density at radius 2 is 2.11 bits per heavy atom. The summed E-state index contributed by atoms with van der Waals surface area (Å²) >= 11 is 0. The van der Waals surface area contributed by atoms with Crippen molar-refractivity contribution in [3.05, 3.63) is 35.4 Å². The van der Waals surface area contributed by atoms with Crippen LogP contribution >= 0.6 is 0 Å². The van der Waals surface area contributed by atoms with E-state index in [9.17, 15) is 9.59 Å². The molecule has 0 spiro atoms. The van der Waals surface area contributed by atoms with Gasteiger partial charge in [-0.15, -0.1) is 0 Å². The van der Waals surface area contributed by atoms with Gasteiger partial charge >= 0.3 is 6.03 Å². The molecule has 1 fully saturated rings. The highest BCUT2D eigenvalue weighted by Gasteiger charge is 2.22. The van der Waals surface area contributed by atoms with Crippen molar-refractivity contribution in [2.75, 3.05) is 7.05 Å². The summed E-state index contributed by atoms with van der Waals surface area (Å²) in [5.41, 5.74) is 1.50. The van der Waals surface area contributed by atoms with Gasteiger partial charge in [-0.1, -0.05) is 12.1 Å². The maximum Gasteiger partial charge on any atom is 0.315 e. The molecule has 1 aliphatic rings. The Hall–Kier alpha value is -2.04. The molecule has 0 heterocycles. The standard InChI is InChI=1S/C13H17N3O2/c1-14-12(17)10-4-2-3-9(7-10)8-15-13(18)16-11-5-6-11/h2-4,7,11H,5-6,8H2,1H3,(H,14,17)(H2,15,16,18). The first-order valence-corrected chi connectivity index (χ1v) is 6.04. The van der Waals surface area contributed by atoms with Gasteiger partial charge in [-0.25, -0.2) is 4.79 Å². The Labute approximate surface area is 106 Å². The van der Waals surface area contributed by atoms with Gasteiger partial charge in [0, 0.05) is 25.2 Å². The first-order chi connectivity index (χ1) is 8.69. The summed E-state index contributed by atoms with van der Waals surface area (Å²) in [6.45, 7) is 0.420. The van der Waals surface area contributed by atoms with E-state index in [1.807, 2.05) is 6.07 Å². The molecule has 96 valence electrons. The lowest BCUT2D eigenvalue weighted by atomic mass is 10.1. The zero-order chi connectivity index (χ0) is 13.0. The average Bonchev–Trinajstić information content (AvgIpc) is 3.19. The molecule has 3 N–H and O–H groups in total. The maximum absolute atomic E-state index is 11.4. The zero-order valence-corrected chi connectivity index (χ0v) is 10.3. The molecule has 0 radical (unpaired) electrons. The van der Waals surface area contributed by atoms with Gasteiger partial charge in [0.25, 0.3) is 5.91 Å². The van der Waals surface area contributed by atoms with Gasteiger partial charge in [0.15, 0.2) is 0 Å². The molecule has 1 aromatic carbocycles. The van der Waals surface area contributed by atoms with Crippen LogP contribution in [-0.4, -0.2) is 25.0 Å². The third-order valence-electron chi connectivity index (χ3n) is 2.78. The van der Waals surface area contributed by atoms with E-state index in [-0.39, 0.29) is 11.9 Å². The molecule has 1 saturated carbocycles.